The maximum atomic E-state index is 12.4. The number of imide groups is 1. The topological polar surface area (TPSA) is 49.7 Å². The van der Waals surface area contributed by atoms with E-state index in [1.807, 2.05) is 0 Å². The van der Waals surface area contributed by atoms with Crippen LogP contribution < -0.4 is 0 Å². The van der Waals surface area contributed by atoms with Crippen LogP contribution in [0.3, 0.4) is 0 Å². The Bertz CT molecular complexity index is 386. The molecule has 0 saturated heterocycles. The van der Waals surface area contributed by atoms with Crippen molar-refractivity contribution in [1.82, 2.24) is 4.90 Å². The fourth-order valence-corrected chi connectivity index (χ4v) is 2.89. The van der Waals surface area contributed by atoms with E-state index in [0.717, 1.165) is 38.5 Å². The third kappa shape index (κ3) is 2.18. The summed E-state index contributed by atoms with van der Waals surface area (Å²) >= 11 is 5.59. The molecule has 1 saturated carbocycles. The highest BCUT2D eigenvalue weighted by molar-refractivity contribution is 6.32. The molecule has 100 valence electrons. The Kier molecular flexibility index (Phi) is 4.05. The van der Waals surface area contributed by atoms with Crippen LogP contribution in [0.2, 0.25) is 0 Å². The first-order chi connectivity index (χ1) is 8.64. The first kappa shape index (κ1) is 13.5. The van der Waals surface area contributed by atoms with Gasteiger partial charge in [0.15, 0.2) is 0 Å². The molecule has 5 heteroatoms. The van der Waals surface area contributed by atoms with Crippen LogP contribution in [0.1, 0.15) is 51.9 Å². The zero-order valence-corrected chi connectivity index (χ0v) is 11.5. The third-order valence-electron chi connectivity index (χ3n) is 3.75. The zero-order chi connectivity index (χ0) is 13.2. The van der Waals surface area contributed by atoms with E-state index >= 15 is 0 Å². The number of rotatable bonds is 4. The van der Waals surface area contributed by atoms with Crippen molar-refractivity contribution < 1.29 is 9.59 Å². The molecule has 1 fully saturated rings. The molecule has 0 aromatic rings. The molecule has 0 aromatic heterocycles. The van der Waals surface area contributed by atoms with Crippen molar-refractivity contribution in [3.8, 4) is 0 Å². The number of unbranched alkanes of at least 4 members (excludes halogenated alkanes) is 1. The lowest BCUT2D eigenvalue weighted by Gasteiger charge is -2.20. The number of amides is 2. The molecule has 0 atom stereocenters. The number of carbonyl (C=O) groups is 2. The fourth-order valence-electron chi connectivity index (χ4n) is 2.78. The number of hydrogen-bond donors (Lipinski definition) is 0. The van der Waals surface area contributed by atoms with Crippen molar-refractivity contribution in [2.45, 2.75) is 57.4 Å². The minimum absolute atomic E-state index is 0.142. The molecule has 4 nitrogen and oxygen atoms in total. The van der Waals surface area contributed by atoms with Crippen molar-refractivity contribution in [1.29, 1.82) is 0 Å². The minimum Gasteiger partial charge on any atom is -0.273 e. The van der Waals surface area contributed by atoms with Gasteiger partial charge in [-0.2, -0.15) is 0 Å². The highest BCUT2D eigenvalue weighted by atomic mass is 35.5. The van der Waals surface area contributed by atoms with E-state index in [4.69, 9.17) is 11.6 Å². The normalized spacial score (nSPS) is 21.8. The lowest BCUT2D eigenvalue weighted by Crippen LogP contribution is -2.45. The quantitative estimate of drug-likeness (QED) is 0.737. The largest absolute Gasteiger partial charge is 0.273 e. The van der Waals surface area contributed by atoms with E-state index in [1.54, 1.807) is 0 Å². The molecular weight excluding hydrogens is 252 g/mol. The molecule has 2 rings (SSSR count). The predicted octanol–water partition coefficient (Wildman–Crippen LogP) is 2.50. The average molecular weight is 271 g/mol. The lowest BCUT2D eigenvalue weighted by atomic mass is 9.98. The summed E-state index contributed by atoms with van der Waals surface area (Å²) < 4.78 is 0. The number of carbonyl (C=O) groups excluding carboxylic acids is 2. The maximum absolute atomic E-state index is 12.4. The Balaban J connectivity index is 2.25. The molecule has 0 bridgehead atoms. The van der Waals surface area contributed by atoms with E-state index in [-0.39, 0.29) is 17.7 Å². The van der Waals surface area contributed by atoms with Gasteiger partial charge < -0.3 is 0 Å². The zero-order valence-electron chi connectivity index (χ0n) is 10.7. The van der Waals surface area contributed by atoms with E-state index in [1.165, 1.54) is 4.90 Å². The lowest BCUT2D eigenvalue weighted by molar-refractivity contribution is -0.140. The second-order valence-electron chi connectivity index (χ2n) is 5.04. The highest BCUT2D eigenvalue weighted by Gasteiger charge is 2.51. The summed E-state index contributed by atoms with van der Waals surface area (Å²) in [4.78, 5) is 30.1. The molecule has 1 heterocycles. The second-order valence-corrected chi connectivity index (χ2v) is 5.31. The van der Waals surface area contributed by atoms with Crippen LogP contribution in [0.25, 0.3) is 0 Å². The Hall–Kier alpha value is -0.900. The average Bonchev–Trinajstić information content (AvgIpc) is 2.94. The van der Waals surface area contributed by atoms with Crippen LogP contribution in [0.15, 0.2) is 4.99 Å². The number of hydrogen-bond acceptors (Lipinski definition) is 3. The van der Waals surface area contributed by atoms with E-state index in [9.17, 15) is 9.59 Å². The van der Waals surface area contributed by atoms with E-state index in [2.05, 4.69) is 11.9 Å². The van der Waals surface area contributed by atoms with Gasteiger partial charge in [-0.3, -0.25) is 14.6 Å². The van der Waals surface area contributed by atoms with Crippen molar-refractivity contribution in [3.63, 3.8) is 0 Å². The Morgan fingerprint density at radius 2 is 2.11 bits per heavy atom. The summed E-state index contributed by atoms with van der Waals surface area (Å²) in [5.74, 6) is -0.00101. The van der Waals surface area contributed by atoms with Crippen molar-refractivity contribution in [3.05, 3.63) is 0 Å². The van der Waals surface area contributed by atoms with Gasteiger partial charge in [-0.15, -0.1) is 11.6 Å². The Morgan fingerprint density at radius 3 is 2.67 bits per heavy atom. The molecule has 2 aliphatic rings. The van der Waals surface area contributed by atoms with E-state index < -0.39 is 5.54 Å². The van der Waals surface area contributed by atoms with Crippen LogP contribution in [-0.4, -0.2) is 34.0 Å². The molecule has 0 aromatic carbocycles. The van der Waals surface area contributed by atoms with Gasteiger partial charge in [0.1, 0.15) is 17.3 Å². The highest BCUT2D eigenvalue weighted by Crippen LogP contribution is 2.39. The summed E-state index contributed by atoms with van der Waals surface area (Å²) in [5.41, 5.74) is -0.634. The summed E-state index contributed by atoms with van der Waals surface area (Å²) in [6.45, 7) is 2.08. The number of halogens is 1. The molecule has 1 aliphatic carbocycles. The number of alkyl halides is 1. The predicted molar refractivity (Wildman–Crippen MR) is 70.7 cm³/mol. The van der Waals surface area contributed by atoms with Gasteiger partial charge in [-0.1, -0.05) is 26.2 Å². The summed E-state index contributed by atoms with van der Waals surface area (Å²) in [7, 11) is 0. The summed E-state index contributed by atoms with van der Waals surface area (Å²) in [6.07, 6.45) is 6.21. The molecule has 1 aliphatic heterocycles. The van der Waals surface area contributed by atoms with Crippen LogP contribution in [0, 0.1) is 0 Å². The molecule has 18 heavy (non-hydrogen) atoms. The fraction of sp³-hybridized carbons (Fsp3) is 0.769. The minimum atomic E-state index is -0.634. The number of amidine groups is 1. The van der Waals surface area contributed by atoms with Crippen LogP contribution in [-0.2, 0) is 9.59 Å². The van der Waals surface area contributed by atoms with Gasteiger partial charge in [-0.05, 0) is 19.3 Å². The van der Waals surface area contributed by atoms with Crippen molar-refractivity contribution in [2.75, 3.05) is 5.88 Å². The van der Waals surface area contributed by atoms with Crippen LogP contribution >= 0.6 is 11.6 Å². The SMILES string of the molecule is CCCCC1=NC2(CCCC2)C(=O)N1C(=O)CCl. The van der Waals surface area contributed by atoms with Gasteiger partial charge in [0.25, 0.3) is 5.91 Å². The van der Waals surface area contributed by atoms with Gasteiger partial charge in [0.05, 0.1) is 0 Å². The van der Waals surface area contributed by atoms with Gasteiger partial charge in [-0.25, -0.2) is 4.90 Å². The molecule has 2 amide bonds. The Morgan fingerprint density at radius 1 is 1.44 bits per heavy atom. The molecule has 0 N–H and O–H groups in total. The van der Waals surface area contributed by atoms with Crippen LogP contribution in [0.4, 0.5) is 0 Å². The number of nitrogens with zero attached hydrogens (tertiary/aromatic N) is 2. The van der Waals surface area contributed by atoms with Gasteiger partial charge in [0.2, 0.25) is 5.91 Å². The smallest absolute Gasteiger partial charge is 0.262 e. The van der Waals surface area contributed by atoms with E-state index in [0.29, 0.717) is 12.3 Å². The Labute approximate surface area is 112 Å². The molecule has 0 unspecified atom stereocenters. The summed E-state index contributed by atoms with van der Waals surface area (Å²) in [6, 6.07) is 0. The van der Waals surface area contributed by atoms with Crippen LogP contribution in [0.5, 0.6) is 0 Å². The third-order valence-corrected chi connectivity index (χ3v) is 3.98. The maximum Gasteiger partial charge on any atom is 0.262 e. The van der Waals surface area contributed by atoms with Gasteiger partial charge >= 0.3 is 0 Å². The second kappa shape index (κ2) is 5.39. The van der Waals surface area contributed by atoms with Crippen molar-refractivity contribution >= 4 is 29.3 Å². The first-order valence-corrected chi connectivity index (χ1v) is 7.20. The number of aliphatic imine (C=N–C) groups is 1. The standard InChI is InChI=1S/C13H19ClN2O2/c1-2-3-6-10-15-13(7-4-5-8-13)12(18)16(10)11(17)9-14/h2-9H2,1H3. The molecular formula is C13H19ClN2O2. The first-order valence-electron chi connectivity index (χ1n) is 6.66. The monoisotopic (exact) mass is 270 g/mol. The van der Waals surface area contributed by atoms with Gasteiger partial charge in [0, 0.05) is 6.42 Å². The summed E-state index contributed by atoms with van der Waals surface area (Å²) in [5, 5.41) is 0. The molecule has 0 radical (unpaired) electrons. The van der Waals surface area contributed by atoms with Crippen molar-refractivity contribution in [2.24, 2.45) is 4.99 Å². The molecule has 1 spiro atoms.